The second-order valence-electron chi connectivity index (χ2n) is 6.23. The summed E-state index contributed by atoms with van der Waals surface area (Å²) in [6, 6.07) is 16.6. The molecule has 0 spiro atoms. The molecular formula is C19H23N2O+. The zero-order chi connectivity index (χ0) is 15.5. The van der Waals surface area contributed by atoms with E-state index >= 15 is 0 Å². The van der Waals surface area contributed by atoms with Crippen LogP contribution in [-0.2, 0) is 4.79 Å². The first kappa shape index (κ1) is 14.8. The van der Waals surface area contributed by atoms with Gasteiger partial charge in [-0.1, -0.05) is 42.5 Å². The third-order valence-electron chi connectivity index (χ3n) is 4.18. The molecule has 0 saturated heterocycles. The van der Waals surface area contributed by atoms with Crippen molar-refractivity contribution in [3.05, 3.63) is 65.2 Å². The summed E-state index contributed by atoms with van der Waals surface area (Å²) in [6.07, 6.45) is 2.42. The van der Waals surface area contributed by atoms with Gasteiger partial charge >= 0.3 is 0 Å². The fraction of sp³-hybridized carbons (Fsp3) is 0.316. The van der Waals surface area contributed by atoms with Crippen molar-refractivity contribution in [2.75, 3.05) is 5.32 Å². The summed E-state index contributed by atoms with van der Waals surface area (Å²) in [5.74, 6) is 0.0619. The van der Waals surface area contributed by atoms with E-state index in [1.54, 1.807) is 0 Å². The third kappa shape index (κ3) is 3.55. The van der Waals surface area contributed by atoms with E-state index in [0.29, 0.717) is 6.04 Å². The van der Waals surface area contributed by atoms with Crippen molar-refractivity contribution in [2.24, 2.45) is 0 Å². The molecule has 0 aliphatic heterocycles. The van der Waals surface area contributed by atoms with Gasteiger partial charge in [0.15, 0.2) is 6.04 Å². The number of carbonyl (C=O) groups excluding carboxylic acids is 1. The number of hydrogen-bond acceptors (Lipinski definition) is 1. The lowest BCUT2D eigenvalue weighted by molar-refractivity contribution is -0.695. The van der Waals surface area contributed by atoms with Crippen LogP contribution in [0, 0.1) is 13.8 Å². The van der Waals surface area contributed by atoms with E-state index in [0.717, 1.165) is 22.4 Å². The first-order valence-electron chi connectivity index (χ1n) is 7.91. The van der Waals surface area contributed by atoms with Crippen LogP contribution in [0.4, 0.5) is 5.69 Å². The van der Waals surface area contributed by atoms with Crippen LogP contribution in [0.5, 0.6) is 0 Å². The number of quaternary nitrogens is 1. The number of aryl methyl sites for hydroxylation is 2. The molecule has 3 nitrogen and oxygen atoms in total. The van der Waals surface area contributed by atoms with Crippen molar-refractivity contribution >= 4 is 11.6 Å². The number of anilines is 1. The smallest absolute Gasteiger partial charge is 0.287 e. The first-order chi connectivity index (χ1) is 10.6. The Morgan fingerprint density at radius 1 is 1.14 bits per heavy atom. The van der Waals surface area contributed by atoms with Crippen LogP contribution in [0.3, 0.4) is 0 Å². The number of carbonyl (C=O) groups is 1. The first-order valence-corrected chi connectivity index (χ1v) is 7.91. The highest BCUT2D eigenvalue weighted by atomic mass is 16.2. The minimum absolute atomic E-state index is 0.0619. The van der Waals surface area contributed by atoms with Gasteiger partial charge in [-0.25, -0.2) is 0 Å². The highest BCUT2D eigenvalue weighted by Gasteiger charge is 2.33. The number of amides is 1. The van der Waals surface area contributed by atoms with Gasteiger partial charge in [-0.05, 0) is 31.0 Å². The van der Waals surface area contributed by atoms with E-state index in [4.69, 9.17) is 0 Å². The van der Waals surface area contributed by atoms with E-state index in [2.05, 4.69) is 16.7 Å². The molecule has 0 heterocycles. The maximum absolute atomic E-state index is 12.8. The zero-order valence-electron chi connectivity index (χ0n) is 13.2. The zero-order valence-corrected chi connectivity index (χ0v) is 13.2. The van der Waals surface area contributed by atoms with Gasteiger partial charge in [-0.2, -0.15) is 0 Å². The molecule has 2 aromatic rings. The van der Waals surface area contributed by atoms with Crippen LogP contribution >= 0.6 is 0 Å². The highest BCUT2D eigenvalue weighted by molar-refractivity contribution is 5.95. The van der Waals surface area contributed by atoms with Gasteiger partial charge in [0.1, 0.15) is 0 Å². The van der Waals surface area contributed by atoms with Crippen molar-refractivity contribution < 1.29 is 10.1 Å². The Balaban J connectivity index is 1.81. The summed E-state index contributed by atoms with van der Waals surface area (Å²) < 4.78 is 0. The minimum Gasteiger partial charge on any atom is -0.330 e. The lowest BCUT2D eigenvalue weighted by atomic mass is 10.1. The maximum atomic E-state index is 12.8. The van der Waals surface area contributed by atoms with Crippen LogP contribution in [0.2, 0.25) is 0 Å². The fourth-order valence-electron chi connectivity index (χ4n) is 2.65. The highest BCUT2D eigenvalue weighted by Crippen LogP contribution is 2.21. The van der Waals surface area contributed by atoms with Gasteiger partial charge in [0.05, 0.1) is 6.04 Å². The predicted molar refractivity (Wildman–Crippen MR) is 88.7 cm³/mol. The molecule has 1 fully saturated rings. The van der Waals surface area contributed by atoms with E-state index in [1.807, 2.05) is 56.3 Å². The molecule has 3 heteroatoms. The summed E-state index contributed by atoms with van der Waals surface area (Å²) in [7, 11) is 0. The molecule has 0 radical (unpaired) electrons. The monoisotopic (exact) mass is 295 g/mol. The fourth-order valence-corrected chi connectivity index (χ4v) is 2.65. The van der Waals surface area contributed by atoms with Crippen molar-refractivity contribution in [3.8, 4) is 0 Å². The van der Waals surface area contributed by atoms with Crippen LogP contribution in [0.25, 0.3) is 0 Å². The average Bonchev–Trinajstić information content (AvgIpc) is 3.33. The molecule has 3 N–H and O–H groups in total. The number of nitrogens with two attached hydrogens (primary N) is 1. The van der Waals surface area contributed by atoms with Gasteiger partial charge in [-0.15, -0.1) is 0 Å². The number of hydrogen-bond donors (Lipinski definition) is 2. The molecule has 1 aliphatic carbocycles. The standard InChI is InChI=1S/C19H22N2O/c1-13-8-9-14(2)17(12-13)21-19(22)18(20-16-10-11-16)15-6-4-3-5-7-15/h3-9,12,16,18,20H,10-11H2,1-2H3,(H,21,22)/p+1/t18-/m1/s1. The van der Waals surface area contributed by atoms with E-state index in [9.17, 15) is 4.79 Å². The number of benzene rings is 2. The summed E-state index contributed by atoms with van der Waals surface area (Å²) in [5.41, 5.74) is 4.23. The molecule has 2 aromatic carbocycles. The largest absolute Gasteiger partial charge is 0.330 e. The maximum Gasteiger partial charge on any atom is 0.287 e. The van der Waals surface area contributed by atoms with Gasteiger partial charge < -0.3 is 10.6 Å². The molecule has 0 unspecified atom stereocenters. The van der Waals surface area contributed by atoms with Gasteiger partial charge in [0, 0.05) is 24.1 Å². The Bertz CT molecular complexity index is 662. The molecule has 22 heavy (non-hydrogen) atoms. The van der Waals surface area contributed by atoms with Crippen molar-refractivity contribution in [2.45, 2.75) is 38.8 Å². The minimum atomic E-state index is -0.173. The lowest BCUT2D eigenvalue weighted by Crippen LogP contribution is -2.88. The Labute approximate surface area is 131 Å². The van der Waals surface area contributed by atoms with E-state index in [-0.39, 0.29) is 11.9 Å². The third-order valence-corrected chi connectivity index (χ3v) is 4.18. The molecular weight excluding hydrogens is 272 g/mol. The quantitative estimate of drug-likeness (QED) is 0.875. The molecule has 3 rings (SSSR count). The molecule has 0 aromatic heterocycles. The van der Waals surface area contributed by atoms with Crippen LogP contribution in [0.1, 0.15) is 35.6 Å². The molecule has 1 atom stereocenters. The number of nitrogens with one attached hydrogen (secondary N) is 1. The molecule has 0 bridgehead atoms. The molecule has 1 saturated carbocycles. The number of rotatable bonds is 5. The molecule has 114 valence electrons. The van der Waals surface area contributed by atoms with Gasteiger partial charge in [0.2, 0.25) is 0 Å². The summed E-state index contributed by atoms with van der Waals surface area (Å²) in [5, 5.41) is 5.32. The Kier molecular flexibility index (Phi) is 4.25. The Morgan fingerprint density at radius 3 is 2.55 bits per heavy atom. The van der Waals surface area contributed by atoms with E-state index in [1.165, 1.54) is 12.8 Å². The van der Waals surface area contributed by atoms with E-state index < -0.39 is 0 Å². The molecule has 1 amide bonds. The summed E-state index contributed by atoms with van der Waals surface area (Å²) in [6.45, 7) is 4.07. The SMILES string of the molecule is Cc1ccc(C)c(NC(=O)[C@H]([NH2+]C2CC2)c2ccccc2)c1. The summed E-state index contributed by atoms with van der Waals surface area (Å²) in [4.78, 5) is 12.8. The van der Waals surface area contributed by atoms with Crippen molar-refractivity contribution in [1.29, 1.82) is 0 Å². The second-order valence-corrected chi connectivity index (χ2v) is 6.23. The predicted octanol–water partition coefficient (Wildman–Crippen LogP) is 2.71. The van der Waals surface area contributed by atoms with Gasteiger partial charge in [-0.3, -0.25) is 4.79 Å². The molecule has 1 aliphatic rings. The Morgan fingerprint density at radius 2 is 1.86 bits per heavy atom. The van der Waals surface area contributed by atoms with Crippen LogP contribution in [0.15, 0.2) is 48.5 Å². The lowest BCUT2D eigenvalue weighted by Gasteiger charge is -2.17. The average molecular weight is 295 g/mol. The van der Waals surface area contributed by atoms with Crippen LogP contribution < -0.4 is 10.6 Å². The normalized spacial score (nSPS) is 15.4. The topological polar surface area (TPSA) is 45.7 Å². The van der Waals surface area contributed by atoms with Crippen molar-refractivity contribution in [3.63, 3.8) is 0 Å². The van der Waals surface area contributed by atoms with Crippen molar-refractivity contribution in [1.82, 2.24) is 0 Å². The van der Waals surface area contributed by atoms with Gasteiger partial charge in [0.25, 0.3) is 5.91 Å². The Hall–Kier alpha value is -2.13. The second kappa shape index (κ2) is 6.32. The summed E-state index contributed by atoms with van der Waals surface area (Å²) >= 11 is 0. The van der Waals surface area contributed by atoms with Crippen LogP contribution in [-0.4, -0.2) is 11.9 Å².